The summed E-state index contributed by atoms with van der Waals surface area (Å²) < 4.78 is 42.5. The van der Waals surface area contributed by atoms with Crippen LogP contribution in [0, 0.1) is 6.92 Å². The second-order valence-electron chi connectivity index (χ2n) is 11.5. The number of alkyl halides is 3. The largest absolute Gasteiger partial charge is 0.573 e. The van der Waals surface area contributed by atoms with E-state index < -0.39 is 12.4 Å². The van der Waals surface area contributed by atoms with Gasteiger partial charge in [0.05, 0.1) is 17.8 Å². The normalized spacial score (nSPS) is 13.2. The maximum Gasteiger partial charge on any atom is 0.573 e. The number of thioether (sulfide) groups is 1. The second-order valence-corrected chi connectivity index (χ2v) is 12.5. The number of carbonyl (C=O) groups excluding carboxylic acids is 2. The molecule has 0 saturated carbocycles. The minimum atomic E-state index is -4.74. The van der Waals surface area contributed by atoms with E-state index in [1.807, 2.05) is 27.7 Å². The van der Waals surface area contributed by atoms with Crippen LogP contribution in [0.4, 0.5) is 23.7 Å². The Morgan fingerprint density at radius 1 is 1.04 bits per heavy atom. The van der Waals surface area contributed by atoms with Crippen molar-refractivity contribution >= 4 is 34.3 Å². The Balaban J connectivity index is 0.000000622. The lowest BCUT2D eigenvalue weighted by molar-refractivity contribution is -0.274. The first-order valence-electron chi connectivity index (χ1n) is 17.7. The summed E-state index contributed by atoms with van der Waals surface area (Å²) in [4.78, 5) is 31.9. The number of imidazole rings is 1. The Bertz CT molecular complexity index is 1750. The number of unbranched alkanes of at least 4 members (excludes halogenated alkanes) is 1. The van der Waals surface area contributed by atoms with Crippen LogP contribution in [0.25, 0.3) is 16.9 Å². The number of hydrogen-bond donors (Lipinski definition) is 1. The SMILES string of the molecule is CC.CC.CCCCc1ccc(C(C)C)c(C)c1.O=C1CC=C/C(=N/C(=O)Nc2ccc(-c3cn(-c4ccc(OC(F)(F)F)cc4)cn3)cc2)SC1.[HH]. The van der Waals surface area contributed by atoms with Gasteiger partial charge in [-0.2, -0.15) is 4.99 Å². The average molecular weight is 739 g/mol. The van der Waals surface area contributed by atoms with E-state index >= 15 is 0 Å². The molecule has 1 aliphatic rings. The van der Waals surface area contributed by atoms with Crippen LogP contribution in [0.15, 0.2) is 96.4 Å². The number of Topliss-reactive ketones (excluding diaryl/α,β-unsaturated/α-hetero) is 1. The molecule has 0 unspecified atom stereocenters. The van der Waals surface area contributed by atoms with Gasteiger partial charge in [-0.25, -0.2) is 9.78 Å². The van der Waals surface area contributed by atoms with E-state index in [4.69, 9.17) is 0 Å². The lowest BCUT2D eigenvalue weighted by Gasteiger charge is -2.11. The number of amides is 2. The first-order chi connectivity index (χ1) is 24.9. The minimum Gasteiger partial charge on any atom is -0.406 e. The van der Waals surface area contributed by atoms with Crippen LogP contribution < -0.4 is 10.1 Å². The van der Waals surface area contributed by atoms with Gasteiger partial charge >= 0.3 is 12.4 Å². The molecule has 1 aromatic heterocycles. The quantitative estimate of drug-likeness (QED) is 0.194. The predicted molar refractivity (Wildman–Crippen MR) is 212 cm³/mol. The summed E-state index contributed by atoms with van der Waals surface area (Å²) in [6.45, 7) is 17.0. The first-order valence-corrected chi connectivity index (χ1v) is 18.7. The molecule has 282 valence electrons. The minimum absolute atomic E-state index is 0. The van der Waals surface area contributed by atoms with E-state index in [9.17, 15) is 22.8 Å². The molecule has 5 rings (SSSR count). The number of aromatic nitrogens is 2. The average Bonchev–Trinajstić information content (AvgIpc) is 3.53. The van der Waals surface area contributed by atoms with Crippen molar-refractivity contribution in [2.75, 3.05) is 11.1 Å². The maximum absolute atomic E-state index is 12.3. The molecule has 1 aliphatic heterocycles. The highest BCUT2D eigenvalue weighted by Crippen LogP contribution is 2.26. The fourth-order valence-corrected chi connectivity index (χ4v) is 5.72. The van der Waals surface area contributed by atoms with Gasteiger partial charge in [0.2, 0.25) is 0 Å². The molecule has 2 heterocycles. The molecule has 0 aliphatic carbocycles. The van der Waals surface area contributed by atoms with Gasteiger partial charge in [0.1, 0.15) is 16.6 Å². The van der Waals surface area contributed by atoms with Crippen molar-refractivity contribution in [2.45, 2.75) is 93.4 Å². The molecule has 11 heteroatoms. The third-order valence-corrected chi connectivity index (χ3v) is 8.35. The summed E-state index contributed by atoms with van der Waals surface area (Å²) in [5.41, 5.74) is 7.01. The van der Waals surface area contributed by atoms with Gasteiger partial charge in [0.15, 0.2) is 0 Å². The molecule has 1 N–H and O–H groups in total. The fourth-order valence-electron chi connectivity index (χ4n) is 4.95. The van der Waals surface area contributed by atoms with Gasteiger partial charge in [-0.05, 0) is 84.8 Å². The Kier molecular flexibility index (Phi) is 18.7. The number of allylic oxidation sites excluding steroid dienone is 1. The molecule has 4 aromatic rings. The summed E-state index contributed by atoms with van der Waals surface area (Å²) in [7, 11) is 0. The van der Waals surface area contributed by atoms with Gasteiger partial charge in [-0.15, -0.1) is 13.2 Å². The van der Waals surface area contributed by atoms with Crippen LogP contribution in [0.1, 0.15) is 91.8 Å². The monoisotopic (exact) mass is 738 g/mol. The van der Waals surface area contributed by atoms with Gasteiger partial charge < -0.3 is 14.6 Å². The summed E-state index contributed by atoms with van der Waals surface area (Å²) in [5, 5.41) is 3.15. The molecule has 0 spiro atoms. The number of nitrogens with one attached hydrogen (secondary N) is 1. The number of urea groups is 1. The van der Waals surface area contributed by atoms with Gasteiger partial charge in [-0.1, -0.05) is 103 Å². The van der Waals surface area contributed by atoms with Crippen molar-refractivity contribution in [3.63, 3.8) is 0 Å². The third kappa shape index (κ3) is 14.9. The van der Waals surface area contributed by atoms with Crippen molar-refractivity contribution in [3.8, 4) is 22.7 Å². The van der Waals surface area contributed by atoms with Crippen LogP contribution in [-0.4, -0.2) is 38.5 Å². The first kappa shape index (κ1) is 43.5. The van der Waals surface area contributed by atoms with Crippen molar-refractivity contribution in [1.29, 1.82) is 0 Å². The van der Waals surface area contributed by atoms with E-state index in [1.165, 1.54) is 72.0 Å². The molecule has 7 nitrogen and oxygen atoms in total. The van der Waals surface area contributed by atoms with E-state index in [2.05, 4.69) is 65.9 Å². The molecule has 0 saturated heterocycles. The number of ketones is 1. The molecule has 0 bridgehead atoms. The number of aliphatic imine (C=N–C) groups is 1. The Morgan fingerprint density at radius 2 is 1.71 bits per heavy atom. The highest BCUT2D eigenvalue weighted by atomic mass is 32.2. The van der Waals surface area contributed by atoms with E-state index in [-0.39, 0.29) is 18.7 Å². The predicted octanol–water partition coefficient (Wildman–Crippen LogP) is 12.4. The maximum atomic E-state index is 12.3. The smallest absolute Gasteiger partial charge is 0.406 e. The highest BCUT2D eigenvalue weighted by Gasteiger charge is 2.31. The van der Waals surface area contributed by atoms with E-state index in [0.29, 0.717) is 34.5 Å². The standard InChI is InChI=1S/C23H17F3N4O3S.C14H22.2C2H6.H2/c24-23(25,26)33-19-10-8-17(9-11-19)30-12-20(27-14-30)15-4-6-16(7-5-15)28-22(32)29-21-3-1-2-18(31)13-34-21;1-5-6-7-13-8-9-14(11(2)3)12(4)10-13;2*1-2;/h1,3-12,14H,2,13H2,(H,28,32);8-11H,5-7H2,1-4H3;2*1-2H3;1H/b29-21-;;;;. The van der Waals surface area contributed by atoms with Gasteiger partial charge in [0.25, 0.3) is 0 Å². The third-order valence-electron chi connectivity index (χ3n) is 7.36. The summed E-state index contributed by atoms with van der Waals surface area (Å²) >= 11 is 1.22. The van der Waals surface area contributed by atoms with Gasteiger partial charge in [-0.3, -0.25) is 4.79 Å². The Morgan fingerprint density at radius 3 is 2.31 bits per heavy atom. The molecule has 3 aromatic carbocycles. The molecular formula is C41H53F3N4O3S. The van der Waals surface area contributed by atoms with Crippen LogP contribution in [-0.2, 0) is 11.2 Å². The number of aryl methyl sites for hydroxylation is 2. The zero-order chi connectivity index (χ0) is 38.7. The number of nitrogens with zero attached hydrogens (tertiary/aromatic N) is 3. The topological polar surface area (TPSA) is 85.6 Å². The van der Waals surface area contributed by atoms with Crippen LogP contribution >= 0.6 is 11.8 Å². The van der Waals surface area contributed by atoms with Crippen LogP contribution in [0.3, 0.4) is 0 Å². The Hall–Kier alpha value is -4.64. The number of rotatable bonds is 8. The van der Waals surface area contributed by atoms with Crippen LogP contribution in [0.5, 0.6) is 5.75 Å². The van der Waals surface area contributed by atoms with Gasteiger partial charge in [0, 0.05) is 31.0 Å². The molecule has 52 heavy (non-hydrogen) atoms. The molecule has 0 radical (unpaired) electrons. The number of halogens is 3. The van der Waals surface area contributed by atoms with Crippen molar-refractivity contribution in [3.05, 3.63) is 108 Å². The molecule has 0 fully saturated rings. The number of benzene rings is 3. The Labute approximate surface area is 312 Å². The molecular weight excluding hydrogens is 686 g/mol. The number of anilines is 1. The van der Waals surface area contributed by atoms with E-state index in [0.717, 1.165) is 5.56 Å². The fraction of sp³-hybridized carbons (Fsp3) is 0.366. The van der Waals surface area contributed by atoms with Crippen molar-refractivity contribution < 1.29 is 28.9 Å². The lowest BCUT2D eigenvalue weighted by atomic mass is 9.95. The second kappa shape index (κ2) is 22.3. The summed E-state index contributed by atoms with van der Waals surface area (Å²) in [5.74, 6) is 0.709. The highest BCUT2D eigenvalue weighted by molar-refractivity contribution is 8.14. The van der Waals surface area contributed by atoms with Crippen molar-refractivity contribution in [2.24, 2.45) is 4.99 Å². The van der Waals surface area contributed by atoms with Crippen molar-refractivity contribution in [1.82, 2.24) is 9.55 Å². The zero-order valence-corrected chi connectivity index (χ0v) is 32.2. The van der Waals surface area contributed by atoms with Crippen LogP contribution in [0.2, 0.25) is 0 Å². The zero-order valence-electron chi connectivity index (χ0n) is 31.4. The lowest BCUT2D eigenvalue weighted by Crippen LogP contribution is -2.17. The number of ether oxygens (including phenoxy) is 1. The number of hydrogen-bond acceptors (Lipinski definition) is 5. The number of carbonyl (C=O) groups is 2. The molecule has 0 atom stereocenters. The molecule has 2 amide bonds. The van der Waals surface area contributed by atoms with E-state index in [1.54, 1.807) is 53.5 Å². The summed E-state index contributed by atoms with van der Waals surface area (Å²) in [6.07, 6.45) is 6.04. The summed E-state index contributed by atoms with van der Waals surface area (Å²) in [6, 6.07) is 18.8.